The normalized spacial score (nSPS) is 36.5. The van der Waals surface area contributed by atoms with Gasteiger partial charge in [0, 0.05) is 22.2 Å². The molecular formula is C44H78N4O8. The third-order valence-electron chi connectivity index (χ3n) is 19.2. The lowest BCUT2D eigenvalue weighted by atomic mass is 9.32. The maximum absolute atomic E-state index is 15.6. The average Bonchev–Trinajstić information content (AvgIpc) is 3.07. The van der Waals surface area contributed by atoms with E-state index >= 15 is 4.79 Å². The first-order valence-corrected chi connectivity index (χ1v) is 21.2. The van der Waals surface area contributed by atoms with Gasteiger partial charge in [-0.3, -0.25) is 19.2 Å². The fourth-order valence-corrected chi connectivity index (χ4v) is 13.3. The van der Waals surface area contributed by atoms with Crippen LogP contribution in [0.5, 0.6) is 0 Å². The van der Waals surface area contributed by atoms with Gasteiger partial charge in [-0.25, -0.2) is 0 Å². The molecule has 0 aromatic rings. The summed E-state index contributed by atoms with van der Waals surface area (Å²) in [7, 11) is 8.16. The van der Waals surface area contributed by atoms with Gasteiger partial charge in [0.2, 0.25) is 0 Å². The van der Waals surface area contributed by atoms with Gasteiger partial charge in [-0.05, 0) is 195 Å². The van der Waals surface area contributed by atoms with Gasteiger partial charge < -0.3 is 40.0 Å². The van der Waals surface area contributed by atoms with Crippen LogP contribution in [-0.4, -0.2) is 140 Å². The Kier molecular flexibility index (Phi) is 12.5. The number of carboxylic acids is 4. The SMILES string of the molecule is CC1C(CC(C2CCN(C)C(C)(C)C2C)(C2CCN(C)C(C)(C)C2C)C(C(=O)O)(C2CCN(C)C(C)(C)C2C)C(C(=O)O)(C(=O)O)C(=O)O)CCN(C)C1(C)C. The van der Waals surface area contributed by atoms with E-state index in [-0.39, 0.29) is 42.1 Å². The standard InChI is InChI=1S/C44H78N4O8/c1-26-30(17-21-45(13)38(26,5)6)25-42(31-18-22-46(14)39(7,8)27(31)2,32-19-23-47(15)40(9,10)28(32)3)44(37(55)56,43(34(49)50,35(51)52)36(53)54)33-20-24-48(16)41(11,12)29(33)4/h26-33H,17-25H2,1-16H3,(H,49,50)(H,51,52)(H,53,54)(H,55,56). The van der Waals surface area contributed by atoms with Crippen molar-refractivity contribution < 1.29 is 39.6 Å². The second-order valence-corrected chi connectivity index (χ2v) is 21.2. The Morgan fingerprint density at radius 1 is 0.482 bits per heavy atom. The zero-order valence-electron chi connectivity index (χ0n) is 37.7. The predicted molar refractivity (Wildman–Crippen MR) is 218 cm³/mol. The molecule has 4 heterocycles. The number of carbonyl (C=O) groups is 4. The van der Waals surface area contributed by atoms with Crippen LogP contribution in [0.25, 0.3) is 0 Å². The molecule has 0 spiro atoms. The van der Waals surface area contributed by atoms with Crippen molar-refractivity contribution in [1.82, 2.24) is 19.6 Å². The van der Waals surface area contributed by atoms with E-state index in [4.69, 9.17) is 0 Å². The monoisotopic (exact) mass is 791 g/mol. The number of rotatable bonds is 11. The van der Waals surface area contributed by atoms with E-state index in [0.717, 1.165) is 6.54 Å². The van der Waals surface area contributed by atoms with Gasteiger partial charge in [-0.15, -0.1) is 0 Å². The molecule has 12 nitrogen and oxygen atoms in total. The molecule has 0 aromatic carbocycles. The first kappa shape index (κ1) is 46.4. The summed E-state index contributed by atoms with van der Waals surface area (Å²) in [6.45, 7) is 27.5. The molecule has 0 amide bonds. The van der Waals surface area contributed by atoms with Crippen LogP contribution in [0.4, 0.5) is 0 Å². The molecule has 0 aliphatic carbocycles. The molecule has 4 aliphatic rings. The summed E-state index contributed by atoms with van der Waals surface area (Å²) < 4.78 is 0. The molecule has 12 heteroatoms. The van der Waals surface area contributed by atoms with Crippen molar-refractivity contribution in [3.63, 3.8) is 0 Å². The van der Waals surface area contributed by atoms with Crippen LogP contribution in [0.3, 0.4) is 0 Å². The van der Waals surface area contributed by atoms with Gasteiger partial charge in [0.05, 0.1) is 0 Å². The highest BCUT2D eigenvalue weighted by Crippen LogP contribution is 2.74. The van der Waals surface area contributed by atoms with E-state index < -0.39 is 80.4 Å². The summed E-state index contributed by atoms with van der Waals surface area (Å²) in [6.07, 6.45) is 2.03. The molecular weight excluding hydrogens is 713 g/mol. The zero-order valence-corrected chi connectivity index (χ0v) is 37.7. The van der Waals surface area contributed by atoms with Gasteiger partial charge in [0.15, 0.2) is 0 Å². The van der Waals surface area contributed by atoms with E-state index in [0.29, 0.717) is 38.9 Å². The molecule has 4 N–H and O–H groups in total. The van der Waals surface area contributed by atoms with Crippen molar-refractivity contribution in [3.05, 3.63) is 0 Å². The highest BCUT2D eigenvalue weighted by atomic mass is 16.4. The van der Waals surface area contributed by atoms with Crippen molar-refractivity contribution in [1.29, 1.82) is 0 Å². The number of nitrogens with zero attached hydrogens (tertiary/aromatic N) is 4. The largest absolute Gasteiger partial charge is 0.481 e. The minimum Gasteiger partial charge on any atom is -0.481 e. The third kappa shape index (κ3) is 6.18. The van der Waals surface area contributed by atoms with Crippen LogP contribution >= 0.6 is 0 Å². The smallest absolute Gasteiger partial charge is 0.334 e. The maximum Gasteiger partial charge on any atom is 0.334 e. The van der Waals surface area contributed by atoms with Crippen molar-refractivity contribution in [2.45, 2.75) is 137 Å². The molecule has 9 atom stereocenters. The quantitative estimate of drug-likeness (QED) is 0.177. The molecule has 56 heavy (non-hydrogen) atoms. The van der Waals surface area contributed by atoms with Gasteiger partial charge >= 0.3 is 23.9 Å². The lowest BCUT2D eigenvalue weighted by Gasteiger charge is -2.71. The summed E-state index contributed by atoms with van der Waals surface area (Å²) in [6, 6.07) is 0. The van der Waals surface area contributed by atoms with Gasteiger partial charge in [0.1, 0.15) is 5.41 Å². The Morgan fingerprint density at radius 2 is 0.768 bits per heavy atom. The maximum atomic E-state index is 15.6. The average molecular weight is 791 g/mol. The van der Waals surface area contributed by atoms with E-state index in [1.807, 2.05) is 27.8 Å². The van der Waals surface area contributed by atoms with Crippen molar-refractivity contribution >= 4 is 23.9 Å². The highest BCUT2D eigenvalue weighted by molar-refractivity contribution is 6.20. The van der Waals surface area contributed by atoms with E-state index in [1.54, 1.807) is 0 Å². The summed E-state index contributed by atoms with van der Waals surface area (Å²) in [4.78, 5) is 67.8. The van der Waals surface area contributed by atoms with Crippen molar-refractivity contribution in [2.24, 2.45) is 63.6 Å². The van der Waals surface area contributed by atoms with E-state index in [1.165, 1.54) is 0 Å². The summed E-state index contributed by atoms with van der Waals surface area (Å²) in [5.74, 6) is -11.4. The van der Waals surface area contributed by atoms with Crippen LogP contribution in [-0.2, 0) is 19.2 Å². The molecule has 0 radical (unpaired) electrons. The van der Waals surface area contributed by atoms with Crippen LogP contribution in [0.1, 0.15) is 115 Å². The topological polar surface area (TPSA) is 162 Å². The van der Waals surface area contributed by atoms with E-state index in [2.05, 4.69) is 103 Å². The van der Waals surface area contributed by atoms with Gasteiger partial charge in [-0.1, -0.05) is 27.7 Å². The number of carboxylic acid groups (broad SMARTS) is 4. The molecule has 4 saturated heterocycles. The minimum atomic E-state index is -3.71. The number of hydrogen-bond acceptors (Lipinski definition) is 8. The first-order chi connectivity index (χ1) is 25.4. The van der Waals surface area contributed by atoms with Crippen LogP contribution in [0.15, 0.2) is 0 Å². The summed E-state index contributed by atoms with van der Waals surface area (Å²) in [5.41, 5.74) is -10.2. The molecule has 0 bridgehead atoms. The van der Waals surface area contributed by atoms with E-state index in [9.17, 15) is 34.8 Å². The molecule has 0 saturated carbocycles. The Bertz CT molecular complexity index is 1450. The second-order valence-electron chi connectivity index (χ2n) is 21.2. The lowest BCUT2D eigenvalue weighted by Crippen LogP contribution is -2.79. The Hall–Kier alpha value is -2.28. The fourth-order valence-electron chi connectivity index (χ4n) is 13.3. The summed E-state index contributed by atoms with van der Waals surface area (Å²) in [5, 5.41) is 47.6. The Balaban J connectivity index is 2.43. The number of aliphatic carboxylic acids is 4. The predicted octanol–water partition coefficient (Wildman–Crippen LogP) is 6.14. The first-order valence-electron chi connectivity index (χ1n) is 21.2. The number of likely N-dealkylation sites (tertiary alicyclic amines) is 4. The van der Waals surface area contributed by atoms with Crippen LogP contribution in [0.2, 0.25) is 0 Å². The molecule has 4 rings (SSSR count). The van der Waals surface area contributed by atoms with Crippen molar-refractivity contribution in [3.8, 4) is 0 Å². The number of hydrogen-bond donors (Lipinski definition) is 4. The van der Waals surface area contributed by atoms with Crippen LogP contribution in [0, 0.1) is 63.6 Å². The van der Waals surface area contributed by atoms with Crippen molar-refractivity contribution in [2.75, 3.05) is 54.4 Å². The molecule has 9 unspecified atom stereocenters. The highest BCUT2D eigenvalue weighted by Gasteiger charge is 2.85. The summed E-state index contributed by atoms with van der Waals surface area (Å²) >= 11 is 0. The lowest BCUT2D eigenvalue weighted by molar-refractivity contribution is -0.266. The zero-order chi connectivity index (χ0) is 43.1. The second kappa shape index (κ2) is 15.1. The Labute approximate surface area is 337 Å². The molecule has 4 fully saturated rings. The number of piperidine rings is 4. The Morgan fingerprint density at radius 3 is 1.09 bits per heavy atom. The molecule has 4 aliphatic heterocycles. The minimum absolute atomic E-state index is 0.00322. The third-order valence-corrected chi connectivity index (χ3v) is 19.2. The molecule has 0 aromatic heterocycles. The fraction of sp³-hybridized carbons (Fsp3) is 0.909. The molecule has 322 valence electrons. The van der Waals surface area contributed by atoms with Gasteiger partial charge in [-0.2, -0.15) is 0 Å². The van der Waals surface area contributed by atoms with Gasteiger partial charge in [0.25, 0.3) is 5.41 Å². The van der Waals surface area contributed by atoms with Crippen LogP contribution < -0.4 is 0 Å².